The van der Waals surface area contributed by atoms with Crippen LogP contribution in [0.15, 0.2) is 11.4 Å². The second-order valence-electron chi connectivity index (χ2n) is 3.31. The van der Waals surface area contributed by atoms with Crippen molar-refractivity contribution in [3.05, 3.63) is 21.9 Å². The lowest BCUT2D eigenvalue weighted by Crippen LogP contribution is -2.20. The Hall–Kier alpha value is -1.16. The van der Waals surface area contributed by atoms with Crippen molar-refractivity contribution in [2.24, 2.45) is 0 Å². The van der Waals surface area contributed by atoms with Gasteiger partial charge < -0.3 is 9.90 Å². The van der Waals surface area contributed by atoms with E-state index in [1.54, 1.807) is 25.3 Å². The van der Waals surface area contributed by atoms with E-state index in [2.05, 4.69) is 0 Å². The fourth-order valence-electron chi connectivity index (χ4n) is 1.05. The SMILES string of the molecule is CC(C)(C=O)c1ccsc1C(=O)O. The zero-order valence-corrected chi connectivity index (χ0v) is 8.22. The van der Waals surface area contributed by atoms with Crippen molar-refractivity contribution >= 4 is 23.6 Å². The third kappa shape index (κ3) is 1.78. The van der Waals surface area contributed by atoms with Gasteiger partial charge in [0, 0.05) is 5.41 Å². The Morgan fingerprint density at radius 2 is 2.23 bits per heavy atom. The van der Waals surface area contributed by atoms with E-state index >= 15 is 0 Å². The van der Waals surface area contributed by atoms with Gasteiger partial charge in [-0.3, -0.25) is 0 Å². The van der Waals surface area contributed by atoms with Crippen molar-refractivity contribution in [3.8, 4) is 0 Å². The summed E-state index contributed by atoms with van der Waals surface area (Å²) in [6, 6.07) is 1.68. The summed E-state index contributed by atoms with van der Waals surface area (Å²) in [5.41, 5.74) is -0.131. The molecule has 4 heteroatoms. The Kier molecular flexibility index (Phi) is 2.52. The zero-order valence-electron chi connectivity index (χ0n) is 7.40. The van der Waals surface area contributed by atoms with Crippen molar-refractivity contribution in [2.75, 3.05) is 0 Å². The molecule has 70 valence electrons. The van der Waals surface area contributed by atoms with E-state index < -0.39 is 11.4 Å². The number of aromatic carboxylic acids is 1. The molecule has 0 amide bonds. The molecule has 1 heterocycles. The molecule has 0 unspecified atom stereocenters. The Balaban J connectivity index is 3.22. The van der Waals surface area contributed by atoms with Crippen molar-refractivity contribution < 1.29 is 14.7 Å². The highest BCUT2D eigenvalue weighted by Crippen LogP contribution is 2.28. The maximum Gasteiger partial charge on any atom is 0.346 e. The summed E-state index contributed by atoms with van der Waals surface area (Å²) >= 11 is 1.14. The van der Waals surface area contributed by atoms with E-state index in [4.69, 9.17) is 5.11 Å². The number of rotatable bonds is 3. The number of carbonyl (C=O) groups is 2. The minimum atomic E-state index is -0.972. The predicted molar refractivity (Wildman–Crippen MR) is 50.4 cm³/mol. The first-order chi connectivity index (χ1) is 5.99. The van der Waals surface area contributed by atoms with Gasteiger partial charge in [-0.2, -0.15) is 0 Å². The minimum absolute atomic E-state index is 0.247. The number of hydrogen-bond donors (Lipinski definition) is 1. The van der Waals surface area contributed by atoms with Gasteiger partial charge in [0.2, 0.25) is 0 Å². The van der Waals surface area contributed by atoms with Crippen LogP contribution in [-0.4, -0.2) is 17.4 Å². The number of hydrogen-bond acceptors (Lipinski definition) is 3. The lowest BCUT2D eigenvalue weighted by molar-refractivity contribution is -0.111. The first-order valence-corrected chi connectivity index (χ1v) is 4.64. The molecule has 1 rings (SSSR count). The Morgan fingerprint density at radius 3 is 2.69 bits per heavy atom. The molecule has 0 radical (unpaired) electrons. The summed E-state index contributed by atoms with van der Waals surface area (Å²) in [7, 11) is 0. The van der Waals surface area contributed by atoms with Crippen molar-refractivity contribution in [1.29, 1.82) is 0 Å². The molecule has 3 nitrogen and oxygen atoms in total. The highest BCUT2D eigenvalue weighted by molar-refractivity contribution is 7.12. The normalized spacial score (nSPS) is 11.2. The Bertz CT molecular complexity index is 338. The highest BCUT2D eigenvalue weighted by atomic mass is 32.1. The molecule has 1 N–H and O–H groups in total. The molecule has 0 aliphatic rings. The summed E-state index contributed by atoms with van der Waals surface area (Å²) in [5.74, 6) is -0.972. The van der Waals surface area contributed by atoms with Crippen LogP contribution in [0.25, 0.3) is 0 Å². The fourth-order valence-corrected chi connectivity index (χ4v) is 1.94. The van der Waals surface area contributed by atoms with E-state index in [9.17, 15) is 9.59 Å². The van der Waals surface area contributed by atoms with Crippen molar-refractivity contribution in [2.45, 2.75) is 19.3 Å². The average Bonchev–Trinajstić information content (AvgIpc) is 2.52. The topological polar surface area (TPSA) is 54.4 Å². The summed E-state index contributed by atoms with van der Waals surface area (Å²) in [5, 5.41) is 10.5. The molecule has 0 saturated carbocycles. The standard InChI is InChI=1S/C9H10O3S/c1-9(2,5-10)6-3-4-13-7(6)8(11)12/h3-5H,1-2H3,(H,11,12). The van der Waals surface area contributed by atoms with E-state index in [-0.39, 0.29) is 4.88 Å². The van der Waals surface area contributed by atoms with Crippen LogP contribution in [0.5, 0.6) is 0 Å². The van der Waals surface area contributed by atoms with E-state index in [0.29, 0.717) is 5.56 Å². The molecule has 0 bridgehead atoms. The van der Waals surface area contributed by atoms with Gasteiger partial charge in [-0.25, -0.2) is 4.79 Å². The van der Waals surface area contributed by atoms with Gasteiger partial charge in [-0.15, -0.1) is 11.3 Å². The van der Waals surface area contributed by atoms with E-state index in [0.717, 1.165) is 17.6 Å². The quantitative estimate of drug-likeness (QED) is 0.755. The van der Waals surface area contributed by atoms with Gasteiger partial charge in [-0.1, -0.05) is 0 Å². The van der Waals surface area contributed by atoms with Crippen LogP contribution in [0.1, 0.15) is 29.1 Å². The summed E-state index contributed by atoms with van der Waals surface area (Å²) in [4.78, 5) is 21.7. The van der Waals surface area contributed by atoms with Gasteiger partial charge in [0.1, 0.15) is 11.2 Å². The van der Waals surface area contributed by atoms with Gasteiger partial charge >= 0.3 is 5.97 Å². The molecular weight excluding hydrogens is 188 g/mol. The van der Waals surface area contributed by atoms with Crippen LogP contribution in [0.4, 0.5) is 0 Å². The van der Waals surface area contributed by atoms with Crippen molar-refractivity contribution in [1.82, 2.24) is 0 Å². The second-order valence-corrected chi connectivity index (χ2v) is 4.22. The second kappa shape index (κ2) is 3.30. The minimum Gasteiger partial charge on any atom is -0.477 e. The van der Waals surface area contributed by atoms with Crippen LogP contribution in [0, 0.1) is 0 Å². The monoisotopic (exact) mass is 198 g/mol. The average molecular weight is 198 g/mol. The molecular formula is C9H10O3S. The smallest absolute Gasteiger partial charge is 0.346 e. The van der Waals surface area contributed by atoms with Gasteiger partial charge in [-0.05, 0) is 30.9 Å². The van der Waals surface area contributed by atoms with Gasteiger partial charge in [0.15, 0.2) is 0 Å². The molecule has 0 aliphatic heterocycles. The first-order valence-electron chi connectivity index (χ1n) is 3.76. The van der Waals surface area contributed by atoms with Crippen LogP contribution in [0.2, 0.25) is 0 Å². The zero-order chi connectivity index (χ0) is 10.1. The Morgan fingerprint density at radius 1 is 1.62 bits per heavy atom. The third-order valence-corrected chi connectivity index (χ3v) is 2.75. The van der Waals surface area contributed by atoms with Crippen LogP contribution in [0.3, 0.4) is 0 Å². The molecule has 0 spiro atoms. The molecule has 0 fully saturated rings. The Labute approximate surface area is 80.0 Å². The third-order valence-electron chi connectivity index (χ3n) is 1.85. The van der Waals surface area contributed by atoms with Crippen molar-refractivity contribution in [3.63, 3.8) is 0 Å². The summed E-state index contributed by atoms with van der Waals surface area (Å²) < 4.78 is 0. The highest BCUT2D eigenvalue weighted by Gasteiger charge is 2.26. The lowest BCUT2D eigenvalue weighted by atomic mass is 9.87. The van der Waals surface area contributed by atoms with Crippen LogP contribution < -0.4 is 0 Å². The lowest BCUT2D eigenvalue weighted by Gasteiger charge is -2.15. The number of aldehydes is 1. The number of thiophene rings is 1. The summed E-state index contributed by atoms with van der Waals surface area (Å²) in [6.07, 6.45) is 0.765. The maximum absolute atomic E-state index is 10.7. The van der Waals surface area contributed by atoms with Crippen LogP contribution in [-0.2, 0) is 10.2 Å². The molecule has 1 aromatic rings. The van der Waals surface area contributed by atoms with Crippen LogP contribution >= 0.6 is 11.3 Å². The molecule has 13 heavy (non-hydrogen) atoms. The number of carboxylic acids is 1. The predicted octanol–water partition coefficient (Wildman–Crippen LogP) is 1.92. The molecule has 0 aliphatic carbocycles. The number of carbonyl (C=O) groups excluding carboxylic acids is 1. The largest absolute Gasteiger partial charge is 0.477 e. The fraction of sp³-hybridized carbons (Fsp3) is 0.333. The molecule has 0 saturated heterocycles. The van der Waals surface area contributed by atoms with Gasteiger partial charge in [0.25, 0.3) is 0 Å². The molecule has 0 atom stereocenters. The maximum atomic E-state index is 10.7. The van der Waals surface area contributed by atoms with E-state index in [1.165, 1.54) is 0 Å². The molecule has 0 aromatic carbocycles. The van der Waals surface area contributed by atoms with E-state index in [1.807, 2.05) is 0 Å². The first kappa shape index (κ1) is 9.92. The number of carboxylic acid groups (broad SMARTS) is 1. The van der Waals surface area contributed by atoms with Gasteiger partial charge in [0.05, 0.1) is 0 Å². The summed E-state index contributed by atoms with van der Waals surface area (Å²) in [6.45, 7) is 3.41. The molecule has 1 aromatic heterocycles.